The summed E-state index contributed by atoms with van der Waals surface area (Å²) in [6.07, 6.45) is 12.5. The van der Waals surface area contributed by atoms with Crippen molar-refractivity contribution in [2.75, 3.05) is 24.7 Å². The maximum absolute atomic E-state index is 11.0. The quantitative estimate of drug-likeness (QED) is 0.452. The van der Waals surface area contributed by atoms with E-state index in [0.29, 0.717) is 12.6 Å². The number of Topliss-reactive ketones (excluding diaryl/α,β-unsaturated/α-hetero) is 1. The third-order valence-electron chi connectivity index (χ3n) is 5.24. The highest BCUT2D eigenvalue weighted by Crippen LogP contribution is 2.30. The van der Waals surface area contributed by atoms with Crippen LogP contribution < -0.4 is 4.90 Å². The van der Waals surface area contributed by atoms with E-state index in [2.05, 4.69) is 49.1 Å². The molecule has 1 aromatic carbocycles. The lowest BCUT2D eigenvalue weighted by atomic mass is 9.99. The molecule has 164 valence electrons. The zero-order valence-electron chi connectivity index (χ0n) is 18.9. The van der Waals surface area contributed by atoms with Crippen molar-refractivity contribution in [1.82, 2.24) is 9.97 Å². The van der Waals surface area contributed by atoms with E-state index in [9.17, 15) is 4.79 Å². The Bertz CT molecular complexity index is 920. The number of unbranched alkanes of at least 4 members (excludes halogenated alkanes) is 1. The van der Waals surface area contributed by atoms with Crippen LogP contribution in [0.15, 0.2) is 54.8 Å². The van der Waals surface area contributed by atoms with Gasteiger partial charge in [0.05, 0.1) is 17.6 Å². The summed E-state index contributed by atoms with van der Waals surface area (Å²) in [4.78, 5) is 23.3. The summed E-state index contributed by atoms with van der Waals surface area (Å²) in [5.74, 6) is 0.963. The average molecular weight is 420 g/mol. The molecular weight excluding hydrogens is 386 g/mol. The van der Waals surface area contributed by atoms with Crippen molar-refractivity contribution in [1.29, 1.82) is 0 Å². The third-order valence-corrected chi connectivity index (χ3v) is 5.24. The highest BCUT2D eigenvalue weighted by atomic mass is 16.5. The summed E-state index contributed by atoms with van der Waals surface area (Å²) in [6.45, 7) is 7.58. The van der Waals surface area contributed by atoms with Crippen LogP contribution in [-0.2, 0) is 9.53 Å². The number of carbonyl (C=O) groups is 1. The van der Waals surface area contributed by atoms with E-state index in [0.717, 1.165) is 60.6 Å². The Labute approximate surface area is 185 Å². The summed E-state index contributed by atoms with van der Waals surface area (Å²) in [5, 5.41) is 0. The second-order valence-corrected chi connectivity index (χ2v) is 8.18. The van der Waals surface area contributed by atoms with E-state index < -0.39 is 0 Å². The molecule has 0 radical (unpaired) electrons. The fraction of sp³-hybridized carbons (Fsp3) is 0.423. The first-order valence-electron chi connectivity index (χ1n) is 11.2. The number of aromatic nitrogens is 2. The van der Waals surface area contributed by atoms with Gasteiger partial charge in [-0.3, -0.25) is 9.78 Å². The normalized spacial score (nSPS) is 13.4. The minimum atomic E-state index is 0.0659. The summed E-state index contributed by atoms with van der Waals surface area (Å²) in [6, 6.07) is 10.6. The Balaban J connectivity index is 1.81. The largest absolute Gasteiger partial charge is 0.374 e. The van der Waals surface area contributed by atoms with Gasteiger partial charge >= 0.3 is 0 Å². The Morgan fingerprint density at radius 1 is 1.13 bits per heavy atom. The van der Waals surface area contributed by atoms with Crippen molar-refractivity contribution >= 4 is 17.2 Å². The Morgan fingerprint density at radius 2 is 1.94 bits per heavy atom. The van der Waals surface area contributed by atoms with Gasteiger partial charge in [0, 0.05) is 24.8 Å². The molecule has 0 saturated carbocycles. The molecule has 0 unspecified atom stereocenters. The molecule has 2 aromatic rings. The number of ether oxygens (including phenoxy) is 1. The van der Waals surface area contributed by atoms with Crippen LogP contribution in [-0.4, -0.2) is 41.6 Å². The number of allylic oxidation sites excluding steroid dienone is 4. The van der Waals surface area contributed by atoms with Crippen molar-refractivity contribution < 1.29 is 9.53 Å². The van der Waals surface area contributed by atoms with Crippen molar-refractivity contribution in [3.05, 3.63) is 60.5 Å². The minimum absolute atomic E-state index is 0.0659. The van der Waals surface area contributed by atoms with Crippen molar-refractivity contribution in [2.24, 2.45) is 0 Å². The summed E-state index contributed by atoms with van der Waals surface area (Å²) >= 11 is 0. The molecule has 0 amide bonds. The van der Waals surface area contributed by atoms with Gasteiger partial charge in [-0.1, -0.05) is 48.6 Å². The van der Waals surface area contributed by atoms with Gasteiger partial charge in [-0.05, 0) is 52.0 Å². The van der Waals surface area contributed by atoms with E-state index in [-0.39, 0.29) is 12.4 Å². The molecule has 0 spiro atoms. The highest BCUT2D eigenvalue weighted by Gasteiger charge is 2.18. The van der Waals surface area contributed by atoms with Gasteiger partial charge in [-0.25, -0.2) is 4.98 Å². The Hall–Kier alpha value is -2.79. The number of anilines is 1. The van der Waals surface area contributed by atoms with Gasteiger partial charge in [0.15, 0.2) is 5.78 Å². The minimum Gasteiger partial charge on any atom is -0.374 e. The smallest absolute Gasteiger partial charge is 0.155 e. The summed E-state index contributed by atoms with van der Waals surface area (Å²) in [7, 11) is 0. The number of carbonyl (C=O) groups excluding carboxylic acids is 1. The molecule has 5 heteroatoms. The fourth-order valence-electron chi connectivity index (χ4n) is 3.66. The zero-order chi connectivity index (χ0) is 22.1. The molecule has 0 saturated heterocycles. The van der Waals surface area contributed by atoms with Crippen LogP contribution >= 0.6 is 0 Å². The molecule has 0 aliphatic heterocycles. The fourth-order valence-corrected chi connectivity index (χ4v) is 3.66. The van der Waals surface area contributed by atoms with Crippen LogP contribution in [0.3, 0.4) is 0 Å². The molecule has 5 nitrogen and oxygen atoms in total. The molecule has 3 rings (SSSR count). The van der Waals surface area contributed by atoms with Crippen LogP contribution in [0.1, 0.15) is 52.1 Å². The summed E-state index contributed by atoms with van der Waals surface area (Å²) in [5.41, 5.74) is 4.08. The third kappa shape index (κ3) is 6.59. The second-order valence-electron chi connectivity index (χ2n) is 8.18. The van der Waals surface area contributed by atoms with Crippen LogP contribution in [0, 0.1) is 0 Å². The maximum Gasteiger partial charge on any atom is 0.155 e. The predicted molar refractivity (Wildman–Crippen MR) is 127 cm³/mol. The topological polar surface area (TPSA) is 55.3 Å². The highest BCUT2D eigenvalue weighted by molar-refractivity contribution is 5.82. The van der Waals surface area contributed by atoms with Crippen molar-refractivity contribution in [3.8, 4) is 11.3 Å². The van der Waals surface area contributed by atoms with Crippen LogP contribution in [0.5, 0.6) is 0 Å². The van der Waals surface area contributed by atoms with Crippen LogP contribution in [0.4, 0.5) is 5.82 Å². The van der Waals surface area contributed by atoms with Gasteiger partial charge in [0.1, 0.15) is 12.4 Å². The molecule has 1 aromatic heterocycles. The second kappa shape index (κ2) is 11.6. The number of nitrogens with zero attached hydrogens (tertiary/aromatic N) is 3. The molecular formula is C26H33N3O2. The van der Waals surface area contributed by atoms with E-state index in [1.807, 2.05) is 24.4 Å². The van der Waals surface area contributed by atoms with Crippen molar-refractivity contribution in [2.45, 2.75) is 52.5 Å². The number of hydrogen-bond donors (Lipinski definition) is 0. The first-order chi connectivity index (χ1) is 15.1. The van der Waals surface area contributed by atoms with E-state index in [1.165, 1.54) is 0 Å². The first kappa shape index (κ1) is 22.9. The zero-order valence-corrected chi connectivity index (χ0v) is 18.9. The predicted octanol–water partition coefficient (Wildman–Crippen LogP) is 5.48. The van der Waals surface area contributed by atoms with Crippen molar-refractivity contribution in [3.63, 3.8) is 0 Å². The van der Waals surface area contributed by atoms with Gasteiger partial charge in [-0.2, -0.15) is 0 Å². The number of rotatable bonds is 11. The first-order valence-corrected chi connectivity index (χ1v) is 11.2. The summed E-state index contributed by atoms with van der Waals surface area (Å²) < 4.78 is 5.40. The number of hydrogen-bond acceptors (Lipinski definition) is 5. The van der Waals surface area contributed by atoms with Crippen LogP contribution in [0.25, 0.3) is 16.8 Å². The lowest BCUT2D eigenvalue weighted by Gasteiger charge is -2.28. The molecule has 0 N–H and O–H groups in total. The van der Waals surface area contributed by atoms with E-state index in [1.54, 1.807) is 6.92 Å². The number of ketones is 1. The van der Waals surface area contributed by atoms with Gasteiger partial charge in [0.2, 0.25) is 0 Å². The lowest BCUT2D eigenvalue weighted by Crippen LogP contribution is -2.33. The van der Waals surface area contributed by atoms with Gasteiger partial charge < -0.3 is 9.64 Å². The van der Waals surface area contributed by atoms with E-state index in [4.69, 9.17) is 14.7 Å². The molecule has 1 aliphatic carbocycles. The molecule has 1 aliphatic rings. The Morgan fingerprint density at radius 3 is 2.61 bits per heavy atom. The SMILES string of the molecule is CC(=O)COCCCCN(c1cnc(-c2ccccc2)c(C2=CCCC=C2)n1)C(C)C. The molecule has 31 heavy (non-hydrogen) atoms. The molecule has 1 heterocycles. The van der Waals surface area contributed by atoms with Gasteiger partial charge in [-0.15, -0.1) is 0 Å². The van der Waals surface area contributed by atoms with E-state index >= 15 is 0 Å². The lowest BCUT2D eigenvalue weighted by molar-refractivity contribution is -0.121. The maximum atomic E-state index is 11.0. The molecule has 0 fully saturated rings. The van der Waals surface area contributed by atoms with Gasteiger partial charge in [0.25, 0.3) is 0 Å². The Kier molecular flexibility index (Phi) is 8.53. The average Bonchev–Trinajstić information content (AvgIpc) is 2.79. The standard InChI is InChI=1S/C26H33N3O2/c1-20(2)29(16-10-11-17-31-19-21(3)30)24-18-27-25(22-12-6-4-7-13-22)26(28-24)23-14-8-5-9-15-23/h4,6-8,12-15,18,20H,5,9-11,16-17,19H2,1-3H3. The van der Waals surface area contributed by atoms with Crippen LogP contribution in [0.2, 0.25) is 0 Å². The monoisotopic (exact) mass is 419 g/mol. The molecule has 0 bridgehead atoms. The molecule has 0 atom stereocenters. The number of benzene rings is 1.